The molecule has 1 rings (SSSR count). The van der Waals surface area contributed by atoms with Gasteiger partial charge in [0.25, 0.3) is 0 Å². The summed E-state index contributed by atoms with van der Waals surface area (Å²) < 4.78 is 44.5. The highest BCUT2D eigenvalue weighted by Gasteiger charge is 2.33. The molecule has 0 fully saturated rings. The van der Waals surface area contributed by atoms with Crippen molar-refractivity contribution < 1.29 is 22.6 Å². The Kier molecular flexibility index (Phi) is 3.40. The summed E-state index contributed by atoms with van der Waals surface area (Å²) in [7, 11) is 1.25. The Morgan fingerprint density at radius 2 is 2.00 bits per heavy atom. The minimum Gasteiger partial charge on any atom is -0.491 e. The van der Waals surface area contributed by atoms with Crippen LogP contribution >= 0.6 is 22.6 Å². The summed E-state index contributed by atoms with van der Waals surface area (Å²) in [5, 5.41) is 0. The molecular formula is C7H5F3INO2. The maximum atomic E-state index is 11.9. The van der Waals surface area contributed by atoms with E-state index in [-0.39, 0.29) is 15.1 Å². The number of nitrogens with zero attached hydrogens (tertiary/aromatic N) is 1. The van der Waals surface area contributed by atoms with Gasteiger partial charge in [0, 0.05) is 6.20 Å². The zero-order valence-corrected chi connectivity index (χ0v) is 9.09. The van der Waals surface area contributed by atoms with Gasteiger partial charge in [-0.15, -0.1) is 13.2 Å². The van der Waals surface area contributed by atoms with E-state index in [0.29, 0.717) is 0 Å². The monoisotopic (exact) mass is 319 g/mol. The Hall–Kier alpha value is -0.730. The number of pyridine rings is 1. The van der Waals surface area contributed by atoms with Crippen LogP contribution in [0.15, 0.2) is 12.4 Å². The van der Waals surface area contributed by atoms with E-state index in [1.165, 1.54) is 13.3 Å². The number of aromatic nitrogens is 1. The number of halogens is 4. The first-order valence-corrected chi connectivity index (χ1v) is 4.45. The number of ether oxygens (including phenoxy) is 2. The predicted molar refractivity (Wildman–Crippen MR) is 50.2 cm³/mol. The summed E-state index contributed by atoms with van der Waals surface area (Å²) in [6, 6.07) is 0. The Labute approximate surface area is 91.4 Å². The maximum Gasteiger partial charge on any atom is 0.573 e. The first kappa shape index (κ1) is 11.3. The molecule has 1 heterocycles. The maximum absolute atomic E-state index is 11.9. The van der Waals surface area contributed by atoms with Gasteiger partial charge in [0.15, 0.2) is 11.5 Å². The van der Waals surface area contributed by atoms with Crippen molar-refractivity contribution in [3.8, 4) is 11.5 Å². The van der Waals surface area contributed by atoms with E-state index in [1.54, 1.807) is 22.6 Å². The fourth-order valence-corrected chi connectivity index (χ4v) is 1.30. The highest BCUT2D eigenvalue weighted by molar-refractivity contribution is 14.1. The fraction of sp³-hybridized carbons (Fsp3) is 0.286. The highest BCUT2D eigenvalue weighted by Crippen LogP contribution is 2.35. The van der Waals surface area contributed by atoms with Crippen LogP contribution in [-0.4, -0.2) is 18.5 Å². The van der Waals surface area contributed by atoms with Gasteiger partial charge in [-0.25, -0.2) is 0 Å². The summed E-state index contributed by atoms with van der Waals surface area (Å²) in [5.74, 6) is -0.412. The van der Waals surface area contributed by atoms with Crippen molar-refractivity contribution >= 4 is 22.6 Å². The van der Waals surface area contributed by atoms with E-state index in [4.69, 9.17) is 0 Å². The third-order valence-corrected chi connectivity index (χ3v) is 2.03. The van der Waals surface area contributed by atoms with Gasteiger partial charge in [-0.1, -0.05) is 0 Å². The molecule has 3 nitrogen and oxygen atoms in total. The van der Waals surface area contributed by atoms with Crippen molar-refractivity contribution in [3.05, 3.63) is 16.0 Å². The molecule has 0 bridgehead atoms. The Bertz CT molecular complexity index is 329. The van der Waals surface area contributed by atoms with Crippen LogP contribution in [0.25, 0.3) is 0 Å². The molecule has 0 aromatic carbocycles. The Balaban J connectivity index is 3.05. The molecule has 0 saturated carbocycles. The van der Waals surface area contributed by atoms with E-state index in [1.807, 2.05) is 0 Å². The first-order chi connectivity index (χ1) is 6.44. The molecule has 0 aliphatic heterocycles. The van der Waals surface area contributed by atoms with Crippen molar-refractivity contribution in [1.29, 1.82) is 0 Å². The van der Waals surface area contributed by atoms with Gasteiger partial charge in [-0.2, -0.15) is 0 Å². The number of alkyl halides is 3. The molecule has 0 radical (unpaired) electrons. The van der Waals surface area contributed by atoms with Crippen molar-refractivity contribution in [2.24, 2.45) is 0 Å². The van der Waals surface area contributed by atoms with E-state index in [9.17, 15) is 13.2 Å². The van der Waals surface area contributed by atoms with Crippen LogP contribution in [0.1, 0.15) is 0 Å². The van der Waals surface area contributed by atoms with Gasteiger partial charge < -0.3 is 9.47 Å². The fourth-order valence-electron chi connectivity index (χ4n) is 0.766. The molecule has 78 valence electrons. The Morgan fingerprint density at radius 3 is 2.50 bits per heavy atom. The van der Waals surface area contributed by atoms with Crippen molar-refractivity contribution in [2.75, 3.05) is 7.11 Å². The lowest BCUT2D eigenvalue weighted by Gasteiger charge is -2.12. The quantitative estimate of drug-likeness (QED) is 0.785. The van der Waals surface area contributed by atoms with Crippen LogP contribution in [0, 0.1) is 3.57 Å². The summed E-state index contributed by atoms with van der Waals surface area (Å²) in [4.78, 5) is 3.67. The largest absolute Gasteiger partial charge is 0.573 e. The number of rotatable bonds is 2. The van der Waals surface area contributed by atoms with Gasteiger partial charge in [0.05, 0.1) is 16.9 Å². The van der Waals surface area contributed by atoms with E-state index >= 15 is 0 Å². The van der Waals surface area contributed by atoms with Crippen LogP contribution < -0.4 is 9.47 Å². The van der Waals surface area contributed by atoms with E-state index < -0.39 is 6.36 Å². The lowest BCUT2D eigenvalue weighted by atomic mass is 10.4. The molecule has 0 aliphatic carbocycles. The van der Waals surface area contributed by atoms with Gasteiger partial charge in [0.2, 0.25) is 0 Å². The molecule has 1 aromatic heterocycles. The lowest BCUT2D eigenvalue weighted by Crippen LogP contribution is -2.18. The normalized spacial score (nSPS) is 11.2. The second kappa shape index (κ2) is 4.20. The predicted octanol–water partition coefficient (Wildman–Crippen LogP) is 2.59. The molecule has 0 N–H and O–H groups in total. The van der Waals surface area contributed by atoms with Crippen molar-refractivity contribution in [1.82, 2.24) is 4.98 Å². The summed E-state index contributed by atoms with van der Waals surface area (Å²) in [6.07, 6.45) is -2.32. The molecule has 7 heteroatoms. The first-order valence-electron chi connectivity index (χ1n) is 3.37. The topological polar surface area (TPSA) is 31.4 Å². The summed E-state index contributed by atoms with van der Waals surface area (Å²) in [6.45, 7) is 0. The molecule has 0 spiro atoms. The summed E-state index contributed by atoms with van der Waals surface area (Å²) in [5.41, 5.74) is 0. The standard InChI is InChI=1S/C7H5F3INO2/c1-13-5-3-12-2-4(11)6(5)14-7(8,9)10/h2-3H,1H3. The zero-order chi connectivity index (χ0) is 10.8. The molecule has 1 aromatic rings. The number of methoxy groups -OCH3 is 1. The van der Waals surface area contributed by atoms with Crippen LogP contribution in [0.4, 0.5) is 13.2 Å². The third kappa shape index (κ3) is 2.89. The smallest absolute Gasteiger partial charge is 0.491 e. The van der Waals surface area contributed by atoms with Crippen molar-refractivity contribution in [3.63, 3.8) is 0 Å². The number of hydrogen-bond donors (Lipinski definition) is 0. The van der Waals surface area contributed by atoms with Gasteiger partial charge in [-0.05, 0) is 22.6 Å². The summed E-state index contributed by atoms with van der Waals surface area (Å²) >= 11 is 1.68. The SMILES string of the molecule is COc1cncc(I)c1OC(F)(F)F. The Morgan fingerprint density at radius 1 is 1.36 bits per heavy atom. The molecule has 0 unspecified atom stereocenters. The van der Waals surface area contributed by atoms with Gasteiger partial charge in [0.1, 0.15) is 0 Å². The molecule has 0 amide bonds. The third-order valence-electron chi connectivity index (χ3n) is 1.26. The molecule has 0 aliphatic rings. The minimum atomic E-state index is -4.73. The van der Waals surface area contributed by atoms with Gasteiger partial charge in [-0.3, -0.25) is 4.98 Å². The molecule has 0 saturated heterocycles. The van der Waals surface area contributed by atoms with Crippen LogP contribution in [-0.2, 0) is 0 Å². The van der Waals surface area contributed by atoms with Crippen LogP contribution in [0.2, 0.25) is 0 Å². The average Bonchev–Trinajstić information content (AvgIpc) is 2.06. The molecule has 0 atom stereocenters. The second-order valence-corrected chi connectivity index (χ2v) is 3.36. The second-order valence-electron chi connectivity index (χ2n) is 2.20. The number of hydrogen-bond acceptors (Lipinski definition) is 3. The molecule has 14 heavy (non-hydrogen) atoms. The van der Waals surface area contributed by atoms with E-state index in [0.717, 1.165) is 6.20 Å². The van der Waals surface area contributed by atoms with Gasteiger partial charge >= 0.3 is 6.36 Å². The van der Waals surface area contributed by atoms with Crippen LogP contribution in [0.3, 0.4) is 0 Å². The van der Waals surface area contributed by atoms with E-state index in [2.05, 4.69) is 14.5 Å². The highest BCUT2D eigenvalue weighted by atomic mass is 127. The van der Waals surface area contributed by atoms with Crippen molar-refractivity contribution in [2.45, 2.75) is 6.36 Å². The zero-order valence-electron chi connectivity index (χ0n) is 6.93. The average molecular weight is 319 g/mol. The molecular weight excluding hydrogens is 314 g/mol. The lowest BCUT2D eigenvalue weighted by molar-refractivity contribution is -0.275. The van der Waals surface area contributed by atoms with Crippen LogP contribution in [0.5, 0.6) is 11.5 Å². The minimum absolute atomic E-state index is 0.0470.